The summed E-state index contributed by atoms with van der Waals surface area (Å²) in [6.07, 6.45) is 6.79. The molecular weight excluding hydrogens is 322 g/mol. The van der Waals surface area contributed by atoms with Crippen LogP contribution in [0.25, 0.3) is 0 Å². The minimum Gasteiger partial charge on any atom is -0.505 e. The first kappa shape index (κ1) is 16.8. The van der Waals surface area contributed by atoms with Gasteiger partial charge in [-0.3, -0.25) is 4.79 Å². The fourth-order valence-corrected chi connectivity index (χ4v) is 2.27. The van der Waals surface area contributed by atoms with Crippen LogP contribution in [0.3, 0.4) is 0 Å². The van der Waals surface area contributed by atoms with Crippen molar-refractivity contribution in [2.24, 2.45) is 10.2 Å². The molecule has 0 atom stereocenters. The van der Waals surface area contributed by atoms with Gasteiger partial charge in [-0.1, -0.05) is 11.6 Å². The van der Waals surface area contributed by atoms with E-state index in [1.807, 2.05) is 0 Å². The van der Waals surface area contributed by atoms with Crippen LogP contribution in [-0.2, 0) is 4.79 Å². The number of hydrogen-bond acceptors (Lipinski definition) is 5. The van der Waals surface area contributed by atoms with E-state index >= 15 is 0 Å². The first-order valence-electron chi connectivity index (χ1n) is 6.80. The maximum absolute atomic E-state index is 12.0. The summed E-state index contributed by atoms with van der Waals surface area (Å²) in [5.41, 5.74) is -1.01. The summed E-state index contributed by atoms with van der Waals surface area (Å²) in [4.78, 5) is 23.0. The Labute approximate surface area is 137 Å². The molecule has 2 rings (SSSR count). The Bertz CT molecular complexity index is 718. The molecule has 23 heavy (non-hydrogen) atoms. The van der Waals surface area contributed by atoms with Crippen molar-refractivity contribution in [3.8, 4) is 18.1 Å². The van der Waals surface area contributed by atoms with E-state index in [0.717, 1.165) is 6.07 Å². The molecule has 0 bridgehead atoms. The highest BCUT2D eigenvalue weighted by atomic mass is 35.5. The second-order valence-corrected chi connectivity index (χ2v) is 5.53. The normalized spacial score (nSPS) is 14.1. The third kappa shape index (κ3) is 4.20. The summed E-state index contributed by atoms with van der Waals surface area (Å²) >= 11 is 5.79. The van der Waals surface area contributed by atoms with Gasteiger partial charge in [-0.2, -0.15) is 10.2 Å². The maximum atomic E-state index is 12.0. The van der Waals surface area contributed by atoms with Crippen LogP contribution in [0.4, 0.5) is 5.69 Å². The molecule has 120 valence electrons. The first-order chi connectivity index (χ1) is 10.9. The summed E-state index contributed by atoms with van der Waals surface area (Å²) in [7, 11) is 0. The number of carboxylic acid groups (broad SMARTS) is 1. The van der Waals surface area contributed by atoms with Crippen LogP contribution in [0.2, 0.25) is 5.02 Å². The Balaban J connectivity index is 1.98. The average Bonchev–Trinajstić information content (AvgIpc) is 3.27. The van der Waals surface area contributed by atoms with Crippen LogP contribution in [0.15, 0.2) is 22.4 Å². The second kappa shape index (κ2) is 6.67. The van der Waals surface area contributed by atoms with Gasteiger partial charge in [0.25, 0.3) is 0 Å². The number of hydrogen-bond donors (Lipinski definition) is 3. The zero-order valence-corrected chi connectivity index (χ0v) is 12.8. The highest BCUT2D eigenvalue weighted by Crippen LogP contribution is 2.38. The Morgan fingerprint density at radius 1 is 1.35 bits per heavy atom. The lowest BCUT2D eigenvalue weighted by atomic mass is 10.0. The van der Waals surface area contributed by atoms with Gasteiger partial charge < -0.3 is 15.5 Å². The largest absolute Gasteiger partial charge is 0.505 e. The lowest BCUT2D eigenvalue weighted by Gasteiger charge is -2.11. The predicted octanol–water partition coefficient (Wildman–Crippen LogP) is 3.04. The Morgan fingerprint density at radius 2 is 2.04 bits per heavy atom. The third-order valence-corrected chi connectivity index (χ3v) is 3.60. The number of rotatable bonds is 7. The molecule has 7 nitrogen and oxygen atoms in total. The van der Waals surface area contributed by atoms with Gasteiger partial charge in [-0.25, -0.2) is 4.79 Å². The number of nitrogens with one attached hydrogen (secondary N) is 1. The molecule has 0 aromatic heterocycles. The van der Waals surface area contributed by atoms with Crippen molar-refractivity contribution < 1.29 is 19.8 Å². The number of nitrogens with zero attached hydrogens (tertiary/aromatic N) is 2. The third-order valence-electron chi connectivity index (χ3n) is 3.38. The van der Waals surface area contributed by atoms with Crippen molar-refractivity contribution in [2.45, 2.75) is 31.3 Å². The average molecular weight is 336 g/mol. The highest BCUT2D eigenvalue weighted by molar-refractivity contribution is 6.31. The minimum absolute atomic E-state index is 0.0535. The van der Waals surface area contributed by atoms with Gasteiger partial charge in [0.2, 0.25) is 5.91 Å². The van der Waals surface area contributed by atoms with Crippen LogP contribution in [0.5, 0.6) is 5.75 Å². The van der Waals surface area contributed by atoms with Crippen molar-refractivity contribution in [2.75, 3.05) is 5.32 Å². The number of amides is 1. The van der Waals surface area contributed by atoms with E-state index < -0.39 is 23.3 Å². The number of benzene rings is 1. The molecule has 1 aliphatic heterocycles. The van der Waals surface area contributed by atoms with E-state index in [0.29, 0.717) is 19.3 Å². The summed E-state index contributed by atoms with van der Waals surface area (Å²) in [6.45, 7) is 0. The molecule has 1 heterocycles. The number of aromatic hydroxyl groups is 1. The molecule has 0 saturated carbocycles. The molecule has 1 amide bonds. The molecule has 1 aromatic carbocycles. The zero-order chi connectivity index (χ0) is 17.0. The van der Waals surface area contributed by atoms with Crippen LogP contribution in [-0.4, -0.2) is 27.8 Å². The number of terminal acetylenes is 1. The molecule has 0 spiro atoms. The number of phenols is 1. The topological polar surface area (TPSA) is 111 Å². The Kier molecular flexibility index (Phi) is 4.86. The molecule has 0 radical (unpaired) electrons. The van der Waals surface area contributed by atoms with Crippen LogP contribution in [0.1, 0.15) is 36.0 Å². The fourth-order valence-electron chi connectivity index (χ4n) is 2.05. The van der Waals surface area contributed by atoms with Crippen molar-refractivity contribution >= 4 is 29.2 Å². The maximum Gasteiger partial charge on any atom is 0.339 e. The van der Waals surface area contributed by atoms with Crippen molar-refractivity contribution in [3.05, 3.63) is 22.7 Å². The molecule has 1 aromatic rings. The molecule has 0 unspecified atom stereocenters. The molecule has 0 aliphatic carbocycles. The predicted molar refractivity (Wildman–Crippen MR) is 83.6 cm³/mol. The Hall–Kier alpha value is -2.59. The summed E-state index contributed by atoms with van der Waals surface area (Å²) in [5, 5.41) is 29.2. The van der Waals surface area contributed by atoms with Crippen LogP contribution in [0, 0.1) is 12.3 Å². The first-order valence-corrected chi connectivity index (χ1v) is 7.18. The molecule has 3 N–H and O–H groups in total. The van der Waals surface area contributed by atoms with Crippen molar-refractivity contribution in [1.29, 1.82) is 0 Å². The van der Waals surface area contributed by atoms with Gasteiger partial charge in [0.15, 0.2) is 11.4 Å². The Morgan fingerprint density at radius 3 is 2.61 bits per heavy atom. The second-order valence-electron chi connectivity index (χ2n) is 5.09. The van der Waals surface area contributed by atoms with Gasteiger partial charge in [0.05, 0.1) is 5.69 Å². The SMILES string of the molecule is C#CCCC1(CCC(=O)Nc2cc(Cl)cc(C(=O)O)c2O)N=N1. The number of anilines is 1. The monoisotopic (exact) mass is 335 g/mol. The van der Waals surface area contributed by atoms with Crippen molar-refractivity contribution in [1.82, 2.24) is 0 Å². The molecule has 0 saturated heterocycles. The van der Waals surface area contributed by atoms with Gasteiger partial charge in [-0.15, -0.1) is 12.3 Å². The zero-order valence-electron chi connectivity index (χ0n) is 12.0. The van der Waals surface area contributed by atoms with E-state index in [2.05, 4.69) is 21.5 Å². The summed E-state index contributed by atoms with van der Waals surface area (Å²) < 4.78 is 0. The number of carbonyl (C=O) groups is 2. The van der Waals surface area contributed by atoms with E-state index in [1.54, 1.807) is 0 Å². The summed E-state index contributed by atoms with van der Waals surface area (Å²) in [6, 6.07) is 2.38. The molecule has 8 heteroatoms. The van der Waals surface area contributed by atoms with Crippen LogP contribution < -0.4 is 5.32 Å². The van der Waals surface area contributed by atoms with Gasteiger partial charge in [0.1, 0.15) is 5.56 Å². The number of carbonyl (C=O) groups excluding carboxylic acids is 1. The quantitative estimate of drug-likeness (QED) is 0.525. The number of halogens is 1. The lowest BCUT2D eigenvalue weighted by molar-refractivity contribution is -0.116. The molecule has 0 fully saturated rings. The van der Waals surface area contributed by atoms with E-state index in [-0.39, 0.29) is 22.7 Å². The molecular formula is C15H14ClN3O4. The fraction of sp³-hybridized carbons (Fsp3) is 0.333. The minimum atomic E-state index is -1.34. The van der Waals surface area contributed by atoms with Crippen molar-refractivity contribution in [3.63, 3.8) is 0 Å². The van der Waals surface area contributed by atoms with E-state index in [1.165, 1.54) is 6.07 Å². The van der Waals surface area contributed by atoms with E-state index in [4.69, 9.17) is 23.1 Å². The van der Waals surface area contributed by atoms with Gasteiger partial charge in [0, 0.05) is 30.7 Å². The van der Waals surface area contributed by atoms with Crippen LogP contribution >= 0.6 is 11.6 Å². The lowest BCUT2D eigenvalue weighted by Crippen LogP contribution is -2.18. The molecule has 1 aliphatic rings. The summed E-state index contributed by atoms with van der Waals surface area (Å²) in [5.74, 6) is 0.205. The van der Waals surface area contributed by atoms with Gasteiger partial charge >= 0.3 is 5.97 Å². The van der Waals surface area contributed by atoms with E-state index in [9.17, 15) is 14.7 Å². The highest BCUT2D eigenvalue weighted by Gasteiger charge is 2.39. The number of aromatic carboxylic acids is 1. The standard InChI is InChI=1S/C15H14ClN3O4/c1-2-3-5-15(18-19-15)6-4-12(20)17-11-8-9(16)7-10(13(11)21)14(22)23/h1,7-8,21H,3-6H2,(H,17,20)(H,22,23). The van der Waals surface area contributed by atoms with Gasteiger partial charge in [-0.05, 0) is 12.1 Å². The number of carboxylic acids is 1. The smallest absolute Gasteiger partial charge is 0.339 e.